The number of hydrogen-bond donors (Lipinski definition) is 1. The summed E-state index contributed by atoms with van der Waals surface area (Å²) >= 11 is 0. The summed E-state index contributed by atoms with van der Waals surface area (Å²) in [6, 6.07) is 16.4. The van der Waals surface area contributed by atoms with Gasteiger partial charge in [-0.3, -0.25) is 9.71 Å². The highest BCUT2D eigenvalue weighted by Crippen LogP contribution is 2.25. The van der Waals surface area contributed by atoms with Crippen molar-refractivity contribution in [2.75, 3.05) is 25.4 Å². The van der Waals surface area contributed by atoms with Gasteiger partial charge in [0.15, 0.2) is 0 Å². The summed E-state index contributed by atoms with van der Waals surface area (Å²) in [5.74, 6) is 0. The van der Waals surface area contributed by atoms with Gasteiger partial charge in [-0.2, -0.15) is 0 Å². The average Bonchev–Trinajstić information content (AvgIpc) is 3.07. The first-order valence-electron chi connectivity index (χ1n) is 9.04. The third-order valence-corrected chi connectivity index (χ3v) is 6.11. The molecule has 4 rings (SSSR count). The van der Waals surface area contributed by atoms with Crippen LogP contribution in [0.1, 0.15) is 0 Å². The van der Waals surface area contributed by atoms with Gasteiger partial charge >= 0.3 is 0 Å². The highest BCUT2D eigenvalue weighted by molar-refractivity contribution is 7.93. The van der Waals surface area contributed by atoms with Crippen LogP contribution in [0.2, 0.25) is 0 Å². The van der Waals surface area contributed by atoms with Crippen LogP contribution in [0.4, 0.5) is 5.69 Å². The van der Waals surface area contributed by atoms with Crippen LogP contribution in [0.25, 0.3) is 21.8 Å². The second kappa shape index (κ2) is 7.26. The molecule has 6 nitrogen and oxygen atoms in total. The number of nitrogens with one attached hydrogen (secondary N) is 1. The molecule has 1 N–H and O–H groups in total. The molecule has 0 spiro atoms. The Kier molecular flexibility index (Phi) is 4.78. The number of aromatic nitrogens is 2. The molecule has 0 aliphatic rings. The third-order valence-electron chi connectivity index (χ3n) is 4.70. The summed E-state index contributed by atoms with van der Waals surface area (Å²) in [5.41, 5.74) is 2.08. The number of hydrogen-bond acceptors (Lipinski definition) is 4. The Hall–Kier alpha value is -2.90. The molecule has 2 aromatic carbocycles. The Morgan fingerprint density at radius 2 is 1.86 bits per heavy atom. The lowest BCUT2D eigenvalue weighted by Gasteiger charge is -2.12. The van der Waals surface area contributed by atoms with Gasteiger partial charge in [0.1, 0.15) is 4.90 Å². The summed E-state index contributed by atoms with van der Waals surface area (Å²) < 4.78 is 30.8. The van der Waals surface area contributed by atoms with Crippen LogP contribution < -0.4 is 4.72 Å². The predicted octanol–water partition coefficient (Wildman–Crippen LogP) is 3.55. The first-order valence-corrected chi connectivity index (χ1v) is 10.5. The second-order valence-corrected chi connectivity index (χ2v) is 8.67. The minimum absolute atomic E-state index is 0.175. The molecule has 4 aromatic rings. The second-order valence-electron chi connectivity index (χ2n) is 7.02. The molecule has 0 atom stereocenters. The molecular weight excluding hydrogens is 372 g/mol. The minimum atomic E-state index is -3.75. The van der Waals surface area contributed by atoms with Gasteiger partial charge in [-0.25, -0.2) is 8.42 Å². The van der Waals surface area contributed by atoms with E-state index in [9.17, 15) is 8.42 Å². The Morgan fingerprint density at radius 3 is 2.68 bits per heavy atom. The topological polar surface area (TPSA) is 67.2 Å². The molecule has 0 aliphatic carbocycles. The lowest BCUT2D eigenvalue weighted by atomic mass is 10.2. The Bertz CT molecular complexity index is 1240. The summed E-state index contributed by atoms with van der Waals surface area (Å²) in [4.78, 5) is 6.56. The smallest absolute Gasteiger partial charge is 0.264 e. The van der Waals surface area contributed by atoms with Crippen molar-refractivity contribution in [3.63, 3.8) is 0 Å². The van der Waals surface area contributed by atoms with Gasteiger partial charge in [-0.05, 0) is 50.5 Å². The number of anilines is 1. The number of benzene rings is 2. The van der Waals surface area contributed by atoms with E-state index in [1.165, 1.54) is 0 Å². The summed E-state index contributed by atoms with van der Waals surface area (Å²) in [6.07, 6.45) is 3.63. The summed E-state index contributed by atoms with van der Waals surface area (Å²) in [7, 11) is 0.336. The zero-order chi connectivity index (χ0) is 19.7. The van der Waals surface area contributed by atoms with Gasteiger partial charge in [-0.15, -0.1) is 0 Å². The lowest BCUT2D eigenvalue weighted by molar-refractivity contribution is 0.387. The first-order chi connectivity index (χ1) is 13.4. The van der Waals surface area contributed by atoms with Crippen molar-refractivity contribution in [2.45, 2.75) is 11.4 Å². The van der Waals surface area contributed by atoms with Crippen molar-refractivity contribution < 1.29 is 8.42 Å². The van der Waals surface area contributed by atoms with Crippen molar-refractivity contribution in [2.24, 2.45) is 0 Å². The molecular formula is C21H22N4O2S. The van der Waals surface area contributed by atoms with Crippen molar-refractivity contribution in [1.29, 1.82) is 0 Å². The van der Waals surface area contributed by atoms with E-state index in [0.29, 0.717) is 11.2 Å². The average molecular weight is 395 g/mol. The van der Waals surface area contributed by atoms with Crippen LogP contribution in [0.15, 0.2) is 71.9 Å². The van der Waals surface area contributed by atoms with Crippen LogP contribution in [-0.2, 0) is 16.6 Å². The number of fused-ring (bicyclic) bond motifs is 2. The standard InChI is InChI=1S/C21H22N4O2S/c1-24(2)13-14-25-12-10-17-15-18(8-9-19(17)25)23-28(26,27)20-7-3-5-16-6-4-11-22-21(16)20/h3-12,15,23H,13-14H2,1-2H3. The molecule has 0 radical (unpaired) electrons. The number of pyridine rings is 1. The maximum Gasteiger partial charge on any atom is 0.264 e. The fourth-order valence-corrected chi connectivity index (χ4v) is 4.50. The van der Waals surface area contributed by atoms with Crippen LogP contribution in [0.3, 0.4) is 0 Å². The molecule has 28 heavy (non-hydrogen) atoms. The summed E-state index contributed by atoms with van der Waals surface area (Å²) in [6.45, 7) is 1.81. The van der Waals surface area contributed by atoms with E-state index in [1.54, 1.807) is 30.5 Å². The van der Waals surface area contributed by atoms with Gasteiger partial charge in [0.2, 0.25) is 0 Å². The maximum atomic E-state index is 13.0. The van der Waals surface area contributed by atoms with Crippen molar-refractivity contribution >= 4 is 37.5 Å². The Labute approximate surface area is 164 Å². The first kappa shape index (κ1) is 18.5. The van der Waals surface area contributed by atoms with E-state index in [4.69, 9.17) is 0 Å². The van der Waals surface area contributed by atoms with E-state index < -0.39 is 10.0 Å². The van der Waals surface area contributed by atoms with Gasteiger partial charge in [0.05, 0.1) is 5.52 Å². The number of rotatable bonds is 6. The monoisotopic (exact) mass is 394 g/mol. The molecule has 7 heteroatoms. The van der Waals surface area contributed by atoms with Crippen LogP contribution in [-0.4, -0.2) is 43.5 Å². The SMILES string of the molecule is CN(C)CCn1ccc2cc(NS(=O)(=O)c3cccc4cccnc34)ccc21. The largest absolute Gasteiger partial charge is 0.346 e. The number of sulfonamides is 1. The number of para-hydroxylation sites is 1. The molecule has 0 amide bonds. The van der Waals surface area contributed by atoms with Gasteiger partial charge in [0, 0.05) is 47.5 Å². The highest BCUT2D eigenvalue weighted by Gasteiger charge is 2.18. The number of nitrogens with zero attached hydrogens (tertiary/aromatic N) is 3. The molecule has 2 aromatic heterocycles. The molecule has 0 saturated carbocycles. The van der Waals surface area contributed by atoms with E-state index in [0.717, 1.165) is 29.4 Å². The highest BCUT2D eigenvalue weighted by atomic mass is 32.2. The van der Waals surface area contributed by atoms with Gasteiger partial charge in [0.25, 0.3) is 10.0 Å². The van der Waals surface area contributed by atoms with Crippen molar-refractivity contribution in [1.82, 2.24) is 14.5 Å². The maximum absolute atomic E-state index is 13.0. The van der Waals surface area contributed by atoms with Gasteiger partial charge in [-0.1, -0.05) is 18.2 Å². The molecule has 0 bridgehead atoms. The quantitative estimate of drug-likeness (QED) is 0.543. The van der Waals surface area contributed by atoms with Gasteiger partial charge < -0.3 is 9.47 Å². The Morgan fingerprint density at radius 1 is 1.04 bits per heavy atom. The van der Waals surface area contributed by atoms with E-state index in [-0.39, 0.29) is 4.90 Å². The minimum Gasteiger partial charge on any atom is -0.346 e. The zero-order valence-corrected chi connectivity index (χ0v) is 16.6. The normalized spacial score (nSPS) is 12.1. The van der Waals surface area contributed by atoms with Crippen LogP contribution in [0.5, 0.6) is 0 Å². The predicted molar refractivity (Wildman–Crippen MR) is 113 cm³/mol. The van der Waals surface area contributed by atoms with Crippen LogP contribution in [0, 0.1) is 0 Å². The molecule has 0 unspecified atom stereocenters. The van der Waals surface area contributed by atoms with E-state index >= 15 is 0 Å². The van der Waals surface area contributed by atoms with Crippen molar-refractivity contribution in [3.05, 3.63) is 67.0 Å². The zero-order valence-electron chi connectivity index (χ0n) is 15.8. The fourth-order valence-electron chi connectivity index (χ4n) is 3.27. The molecule has 0 saturated heterocycles. The lowest BCUT2D eigenvalue weighted by Crippen LogP contribution is -2.17. The number of likely N-dealkylation sites (N-methyl/N-ethyl adjacent to an activating group) is 1. The summed E-state index contributed by atoms with van der Waals surface area (Å²) in [5, 5.41) is 1.79. The van der Waals surface area contributed by atoms with Crippen molar-refractivity contribution in [3.8, 4) is 0 Å². The fraction of sp³-hybridized carbons (Fsp3) is 0.190. The molecule has 144 valence electrons. The molecule has 0 fully saturated rings. The third kappa shape index (κ3) is 3.58. The van der Waals surface area contributed by atoms with Crippen LogP contribution >= 0.6 is 0 Å². The molecule has 2 heterocycles. The van der Waals surface area contributed by atoms with E-state index in [1.807, 2.05) is 50.6 Å². The Balaban J connectivity index is 1.65. The van der Waals surface area contributed by atoms with E-state index in [2.05, 4.69) is 19.2 Å². The molecule has 0 aliphatic heterocycles.